The minimum absolute atomic E-state index is 0.206. The van der Waals surface area contributed by atoms with E-state index in [0.717, 1.165) is 6.07 Å². The molecule has 2 rings (SSSR count). The topological polar surface area (TPSA) is 137 Å². The van der Waals surface area contributed by atoms with E-state index in [1.54, 1.807) is 6.92 Å². The van der Waals surface area contributed by atoms with Crippen LogP contribution in [0.5, 0.6) is 5.75 Å². The van der Waals surface area contributed by atoms with Gasteiger partial charge in [-0.3, -0.25) is 4.57 Å². The van der Waals surface area contributed by atoms with Crippen LogP contribution in [-0.4, -0.2) is 62.0 Å². The normalized spacial score (nSPS) is 31.0. The Morgan fingerprint density at radius 3 is 2.46 bits per heavy atom. The third-order valence-corrected chi connectivity index (χ3v) is 4.59. The monoisotopic (exact) mass is 366 g/mol. The van der Waals surface area contributed by atoms with Gasteiger partial charge in [-0.05, 0) is 37.1 Å². The summed E-state index contributed by atoms with van der Waals surface area (Å²) in [5, 5.41) is 29.8. The molecule has 1 aliphatic rings. The molecule has 1 aromatic carbocycles. The second kappa shape index (κ2) is 7.45. The van der Waals surface area contributed by atoms with Gasteiger partial charge in [0.15, 0.2) is 0 Å². The highest BCUT2D eigenvalue weighted by Crippen LogP contribution is 2.37. The predicted molar refractivity (Wildman–Crippen MR) is 80.0 cm³/mol. The van der Waals surface area contributed by atoms with Crippen molar-refractivity contribution in [3.8, 4) is 5.75 Å². The third-order valence-electron chi connectivity index (χ3n) is 3.75. The lowest BCUT2D eigenvalue weighted by Gasteiger charge is -2.40. The van der Waals surface area contributed by atoms with E-state index in [1.165, 1.54) is 12.1 Å². The van der Waals surface area contributed by atoms with Gasteiger partial charge in [-0.1, -0.05) is 0 Å². The Labute approximate surface area is 137 Å². The van der Waals surface area contributed by atoms with Gasteiger partial charge >= 0.3 is 7.60 Å². The fourth-order valence-electron chi connectivity index (χ4n) is 2.42. The summed E-state index contributed by atoms with van der Waals surface area (Å²) in [5.74, 6) is -0.266. The molecule has 0 aliphatic carbocycles. The lowest BCUT2D eigenvalue weighted by molar-refractivity contribution is -0.272. The molecule has 136 valence electrons. The second-order valence-electron chi connectivity index (χ2n) is 5.72. The van der Waals surface area contributed by atoms with E-state index in [-0.39, 0.29) is 12.2 Å². The summed E-state index contributed by atoms with van der Waals surface area (Å²) < 4.78 is 34.8. The summed E-state index contributed by atoms with van der Waals surface area (Å²) in [6.45, 7) is 1.57. The van der Waals surface area contributed by atoms with Crippen molar-refractivity contribution in [2.24, 2.45) is 0 Å². The Hall–Kier alpha value is -1.06. The van der Waals surface area contributed by atoms with Crippen molar-refractivity contribution in [3.05, 3.63) is 29.6 Å². The SMILES string of the molecule is Cc1cc(F)ccc1O[C@H]1O[C@H](CCP(=O)(O)O)[C@@H](O)[C@H](O)[C@@H]1O. The Balaban J connectivity index is 2.11. The molecule has 0 aromatic heterocycles. The fraction of sp³-hybridized carbons (Fsp3) is 0.571. The Morgan fingerprint density at radius 2 is 1.88 bits per heavy atom. The molecule has 1 fully saturated rings. The Bertz CT molecular complexity index is 621. The molecule has 0 unspecified atom stereocenters. The van der Waals surface area contributed by atoms with Crippen molar-refractivity contribution in [1.29, 1.82) is 0 Å². The number of hydrogen-bond acceptors (Lipinski definition) is 6. The molecule has 5 N–H and O–H groups in total. The third kappa shape index (κ3) is 4.73. The van der Waals surface area contributed by atoms with Crippen LogP contribution < -0.4 is 4.74 Å². The molecule has 24 heavy (non-hydrogen) atoms. The molecule has 0 spiro atoms. The molecule has 1 saturated heterocycles. The minimum Gasteiger partial charge on any atom is -0.462 e. The molecule has 0 radical (unpaired) electrons. The number of aliphatic hydroxyl groups is 3. The maximum Gasteiger partial charge on any atom is 0.325 e. The molecule has 1 aromatic rings. The van der Waals surface area contributed by atoms with Gasteiger partial charge in [0.1, 0.15) is 29.9 Å². The van der Waals surface area contributed by atoms with Gasteiger partial charge in [0, 0.05) is 0 Å². The van der Waals surface area contributed by atoms with Crippen LogP contribution in [0.3, 0.4) is 0 Å². The first-order valence-corrected chi connectivity index (χ1v) is 9.05. The summed E-state index contributed by atoms with van der Waals surface area (Å²) in [6, 6.07) is 3.68. The largest absolute Gasteiger partial charge is 0.462 e. The zero-order valence-electron chi connectivity index (χ0n) is 12.8. The quantitative estimate of drug-likeness (QED) is 0.455. The van der Waals surface area contributed by atoms with Crippen LogP contribution in [-0.2, 0) is 9.30 Å². The van der Waals surface area contributed by atoms with Crippen LogP contribution in [0.15, 0.2) is 18.2 Å². The highest BCUT2D eigenvalue weighted by molar-refractivity contribution is 7.51. The molecular formula is C14H20FO8P. The molecule has 8 nitrogen and oxygen atoms in total. The van der Waals surface area contributed by atoms with Crippen LogP contribution in [0.2, 0.25) is 0 Å². The van der Waals surface area contributed by atoms with Crippen LogP contribution in [0, 0.1) is 12.7 Å². The van der Waals surface area contributed by atoms with Crippen LogP contribution >= 0.6 is 7.60 Å². The van der Waals surface area contributed by atoms with Crippen molar-refractivity contribution in [3.63, 3.8) is 0 Å². The molecule has 1 aliphatic heterocycles. The Morgan fingerprint density at radius 1 is 1.21 bits per heavy atom. The van der Waals surface area contributed by atoms with E-state index in [4.69, 9.17) is 19.3 Å². The number of aliphatic hydroxyl groups excluding tert-OH is 3. The highest BCUT2D eigenvalue weighted by atomic mass is 31.2. The molecule has 1 heterocycles. The van der Waals surface area contributed by atoms with E-state index in [0.29, 0.717) is 5.56 Å². The molecule has 0 saturated carbocycles. The van der Waals surface area contributed by atoms with E-state index in [2.05, 4.69) is 0 Å². The highest BCUT2D eigenvalue weighted by Gasteiger charge is 2.45. The van der Waals surface area contributed by atoms with Crippen molar-refractivity contribution < 1.29 is 43.5 Å². The van der Waals surface area contributed by atoms with Gasteiger partial charge in [0.2, 0.25) is 6.29 Å². The fourth-order valence-corrected chi connectivity index (χ4v) is 3.01. The Kier molecular flexibility index (Phi) is 5.98. The number of ether oxygens (including phenoxy) is 2. The average Bonchev–Trinajstić information content (AvgIpc) is 2.48. The summed E-state index contributed by atoms with van der Waals surface area (Å²) in [5.41, 5.74) is 0.429. The van der Waals surface area contributed by atoms with Crippen LogP contribution in [0.25, 0.3) is 0 Å². The first-order chi connectivity index (χ1) is 11.1. The smallest absolute Gasteiger partial charge is 0.325 e. The van der Waals surface area contributed by atoms with Crippen LogP contribution in [0.1, 0.15) is 12.0 Å². The first kappa shape index (κ1) is 19.3. The zero-order valence-corrected chi connectivity index (χ0v) is 13.7. The predicted octanol–water partition coefficient (Wildman–Crippen LogP) is -0.112. The zero-order chi connectivity index (χ0) is 18.1. The van der Waals surface area contributed by atoms with Gasteiger partial charge in [0.05, 0.1) is 12.3 Å². The van der Waals surface area contributed by atoms with E-state index >= 15 is 0 Å². The van der Waals surface area contributed by atoms with Gasteiger partial charge in [-0.2, -0.15) is 0 Å². The number of halogens is 1. The first-order valence-electron chi connectivity index (χ1n) is 7.25. The second-order valence-corrected chi connectivity index (χ2v) is 7.50. The van der Waals surface area contributed by atoms with E-state index < -0.39 is 50.3 Å². The van der Waals surface area contributed by atoms with Crippen molar-refractivity contribution in [2.45, 2.75) is 44.1 Å². The number of benzene rings is 1. The lowest BCUT2D eigenvalue weighted by atomic mass is 9.97. The van der Waals surface area contributed by atoms with Crippen molar-refractivity contribution in [2.75, 3.05) is 6.16 Å². The van der Waals surface area contributed by atoms with Gasteiger partial charge in [-0.25, -0.2) is 4.39 Å². The lowest BCUT2D eigenvalue weighted by Crippen LogP contribution is -2.59. The van der Waals surface area contributed by atoms with E-state index in [9.17, 15) is 24.3 Å². The van der Waals surface area contributed by atoms with Gasteiger partial charge in [-0.15, -0.1) is 0 Å². The molecular weight excluding hydrogens is 346 g/mol. The summed E-state index contributed by atoms with van der Waals surface area (Å²) in [6.07, 6.45) is -8.05. The summed E-state index contributed by atoms with van der Waals surface area (Å²) in [7, 11) is -4.31. The van der Waals surface area contributed by atoms with E-state index in [1.807, 2.05) is 0 Å². The van der Waals surface area contributed by atoms with Crippen molar-refractivity contribution >= 4 is 7.60 Å². The average molecular weight is 366 g/mol. The molecule has 0 bridgehead atoms. The standard InChI is InChI=1S/C14H20FO8P/c1-7-6-8(15)2-3-9(7)22-14-13(18)12(17)11(16)10(23-14)4-5-24(19,20)21/h2-3,6,10-14,16-18H,4-5H2,1H3,(H2,19,20,21)/t10-,11-,12+,13+,14+/m1/s1. The number of hydrogen-bond donors (Lipinski definition) is 5. The van der Waals surface area contributed by atoms with Crippen LogP contribution in [0.4, 0.5) is 4.39 Å². The molecule has 0 amide bonds. The maximum absolute atomic E-state index is 13.1. The van der Waals surface area contributed by atoms with Crippen molar-refractivity contribution in [1.82, 2.24) is 0 Å². The number of aryl methyl sites for hydroxylation is 1. The minimum atomic E-state index is -4.31. The van der Waals surface area contributed by atoms with Gasteiger partial charge in [0.25, 0.3) is 0 Å². The maximum atomic E-state index is 13.1. The summed E-state index contributed by atoms with van der Waals surface area (Å²) in [4.78, 5) is 17.8. The molecule has 10 heteroatoms. The number of rotatable bonds is 5. The van der Waals surface area contributed by atoms with Gasteiger partial charge < -0.3 is 34.6 Å². The molecule has 5 atom stereocenters. The summed E-state index contributed by atoms with van der Waals surface area (Å²) >= 11 is 0.